The molecule has 0 spiro atoms. The average Bonchev–Trinajstić information content (AvgIpc) is 3.41. The van der Waals surface area contributed by atoms with Gasteiger partial charge < -0.3 is 10.5 Å². The number of pyridine rings is 1. The second-order valence-corrected chi connectivity index (χ2v) is 7.10. The predicted molar refractivity (Wildman–Crippen MR) is 96.0 cm³/mol. The zero-order valence-corrected chi connectivity index (χ0v) is 14.6. The third-order valence-corrected chi connectivity index (χ3v) is 5.16. The first-order valence-corrected chi connectivity index (χ1v) is 8.72. The van der Waals surface area contributed by atoms with E-state index in [0.29, 0.717) is 16.3 Å². The molecule has 2 heterocycles. The monoisotopic (exact) mass is 373 g/mol. The fourth-order valence-electron chi connectivity index (χ4n) is 3.52. The molecule has 134 valence electrons. The lowest BCUT2D eigenvalue weighted by atomic mass is 9.85. The number of hydrogen-bond acceptors (Lipinski definition) is 5. The molecule has 26 heavy (non-hydrogen) atoms. The van der Waals surface area contributed by atoms with Gasteiger partial charge in [0.15, 0.2) is 5.78 Å². The maximum absolute atomic E-state index is 14.1. The van der Waals surface area contributed by atoms with Gasteiger partial charge >= 0.3 is 0 Å². The van der Waals surface area contributed by atoms with Crippen molar-refractivity contribution in [2.75, 3.05) is 6.67 Å². The van der Waals surface area contributed by atoms with E-state index in [1.165, 1.54) is 6.20 Å². The first-order chi connectivity index (χ1) is 12.5. The number of aliphatic imine (C=N–C) groups is 1. The summed E-state index contributed by atoms with van der Waals surface area (Å²) in [6, 6.07) is 10.5. The molecular formula is C19H17ClFN3O2. The number of carbonyl (C=O) groups excluding carboxylic acids is 1. The van der Waals surface area contributed by atoms with Crippen LogP contribution in [0.15, 0.2) is 47.6 Å². The minimum atomic E-state index is -1.02. The van der Waals surface area contributed by atoms with Crippen LogP contribution in [0.3, 0.4) is 0 Å². The average molecular weight is 374 g/mol. The molecule has 0 unspecified atom stereocenters. The van der Waals surface area contributed by atoms with Gasteiger partial charge in [-0.1, -0.05) is 35.9 Å². The van der Waals surface area contributed by atoms with Gasteiger partial charge in [-0.25, -0.2) is 9.38 Å². The summed E-state index contributed by atoms with van der Waals surface area (Å²) in [6.07, 6.45) is 2.25. The molecule has 1 saturated carbocycles. The molecule has 1 aromatic carbocycles. The fourth-order valence-corrected chi connectivity index (χ4v) is 3.63. The number of carbonyl (C=O) groups is 1. The SMILES string of the molecule is NC1=N[C@](CF)(c2cccc(CC(=O)c3ccc(Cl)cn3)c2)[C@H]2C[C@H]2O1. The van der Waals surface area contributed by atoms with Crippen molar-refractivity contribution < 1.29 is 13.9 Å². The summed E-state index contributed by atoms with van der Waals surface area (Å²) in [6.45, 7) is -0.658. The number of nitrogens with zero attached hydrogens (tertiary/aromatic N) is 2. The van der Waals surface area contributed by atoms with Crippen molar-refractivity contribution in [1.82, 2.24) is 4.98 Å². The number of halogens is 2. The number of benzene rings is 1. The Kier molecular flexibility index (Phi) is 4.15. The van der Waals surface area contributed by atoms with Crippen LogP contribution in [0.5, 0.6) is 0 Å². The van der Waals surface area contributed by atoms with Crippen molar-refractivity contribution in [3.63, 3.8) is 0 Å². The van der Waals surface area contributed by atoms with Gasteiger partial charge in [-0.05, 0) is 29.7 Å². The van der Waals surface area contributed by atoms with E-state index in [-0.39, 0.29) is 30.2 Å². The summed E-state index contributed by atoms with van der Waals surface area (Å²) in [5.41, 5.74) is 6.54. The van der Waals surface area contributed by atoms with Crippen LogP contribution >= 0.6 is 11.6 Å². The van der Waals surface area contributed by atoms with Crippen molar-refractivity contribution in [2.24, 2.45) is 16.6 Å². The maximum Gasteiger partial charge on any atom is 0.283 e. The van der Waals surface area contributed by atoms with E-state index in [0.717, 1.165) is 12.0 Å². The number of amidine groups is 1. The van der Waals surface area contributed by atoms with Crippen LogP contribution < -0.4 is 5.73 Å². The van der Waals surface area contributed by atoms with Crippen molar-refractivity contribution in [3.05, 3.63) is 64.4 Å². The molecule has 2 N–H and O–H groups in total. The molecule has 4 rings (SSSR count). The van der Waals surface area contributed by atoms with E-state index in [4.69, 9.17) is 22.1 Å². The minimum absolute atomic E-state index is 0.0215. The summed E-state index contributed by atoms with van der Waals surface area (Å²) in [4.78, 5) is 20.8. The van der Waals surface area contributed by atoms with E-state index in [1.807, 2.05) is 24.3 Å². The number of ether oxygens (including phenoxy) is 1. The zero-order chi connectivity index (χ0) is 18.3. The lowest BCUT2D eigenvalue weighted by Gasteiger charge is -2.31. The van der Waals surface area contributed by atoms with E-state index in [2.05, 4.69) is 9.98 Å². The van der Waals surface area contributed by atoms with Crippen molar-refractivity contribution in [2.45, 2.75) is 24.5 Å². The number of hydrogen-bond donors (Lipinski definition) is 1. The van der Waals surface area contributed by atoms with Crippen LogP contribution in [0.1, 0.15) is 28.0 Å². The highest BCUT2D eigenvalue weighted by molar-refractivity contribution is 6.30. The normalized spacial score (nSPS) is 26.5. The third-order valence-electron chi connectivity index (χ3n) is 4.94. The van der Waals surface area contributed by atoms with Crippen molar-refractivity contribution in [3.8, 4) is 0 Å². The molecule has 0 saturated heterocycles. The molecule has 1 aliphatic carbocycles. The zero-order valence-electron chi connectivity index (χ0n) is 13.9. The summed E-state index contributed by atoms with van der Waals surface area (Å²) >= 11 is 5.80. The molecule has 3 atom stereocenters. The van der Waals surface area contributed by atoms with Crippen molar-refractivity contribution >= 4 is 23.4 Å². The van der Waals surface area contributed by atoms with Gasteiger partial charge in [0.2, 0.25) is 0 Å². The molecule has 1 aromatic heterocycles. The smallest absolute Gasteiger partial charge is 0.283 e. The number of ketones is 1. The molecular weight excluding hydrogens is 357 g/mol. The topological polar surface area (TPSA) is 77.6 Å². The fraction of sp³-hybridized carbons (Fsp3) is 0.316. The highest BCUT2D eigenvalue weighted by atomic mass is 35.5. The van der Waals surface area contributed by atoms with Crippen LogP contribution in [0.25, 0.3) is 0 Å². The lowest BCUT2D eigenvalue weighted by molar-refractivity contribution is 0.0988. The van der Waals surface area contributed by atoms with Gasteiger partial charge in [-0.3, -0.25) is 9.78 Å². The maximum atomic E-state index is 14.1. The molecule has 2 aromatic rings. The summed E-state index contributed by atoms with van der Waals surface area (Å²) < 4.78 is 19.4. The van der Waals surface area contributed by atoms with Gasteiger partial charge in [0.05, 0.1) is 5.02 Å². The Labute approximate surface area is 155 Å². The summed E-state index contributed by atoms with van der Waals surface area (Å²) in [5, 5.41) is 0.474. The van der Waals surface area contributed by atoms with Gasteiger partial charge in [0, 0.05) is 18.5 Å². The van der Waals surface area contributed by atoms with Gasteiger partial charge in [0.1, 0.15) is 24.0 Å². The number of rotatable bonds is 5. The van der Waals surface area contributed by atoms with Crippen LogP contribution in [-0.2, 0) is 16.7 Å². The Morgan fingerprint density at radius 1 is 1.38 bits per heavy atom. The molecule has 0 radical (unpaired) electrons. The highest BCUT2D eigenvalue weighted by Crippen LogP contribution is 2.53. The van der Waals surface area contributed by atoms with E-state index in [1.54, 1.807) is 12.1 Å². The molecule has 5 nitrogen and oxygen atoms in total. The largest absolute Gasteiger partial charge is 0.462 e. The van der Waals surface area contributed by atoms with Crippen LogP contribution in [-0.4, -0.2) is 29.6 Å². The first-order valence-electron chi connectivity index (χ1n) is 8.34. The molecule has 1 aliphatic heterocycles. The number of fused-ring (bicyclic) bond motifs is 1. The molecule has 1 fully saturated rings. The van der Waals surface area contributed by atoms with Crippen molar-refractivity contribution in [1.29, 1.82) is 0 Å². The Morgan fingerprint density at radius 2 is 2.23 bits per heavy atom. The quantitative estimate of drug-likeness (QED) is 0.817. The van der Waals surface area contributed by atoms with E-state index in [9.17, 15) is 9.18 Å². The van der Waals surface area contributed by atoms with Crippen LogP contribution in [0, 0.1) is 5.92 Å². The number of Topliss-reactive ketones (excluding diaryl/α,β-unsaturated/α-hetero) is 1. The Morgan fingerprint density at radius 3 is 2.96 bits per heavy atom. The number of alkyl halides is 1. The Balaban J connectivity index is 1.61. The van der Waals surface area contributed by atoms with Crippen LogP contribution in [0.4, 0.5) is 4.39 Å². The number of aromatic nitrogens is 1. The van der Waals surface area contributed by atoms with Gasteiger partial charge in [-0.2, -0.15) is 0 Å². The first kappa shape index (κ1) is 17.0. The molecule has 7 heteroatoms. The highest BCUT2D eigenvalue weighted by Gasteiger charge is 2.59. The Hall–Kier alpha value is -2.47. The molecule has 0 bridgehead atoms. The summed E-state index contributed by atoms with van der Waals surface area (Å²) in [5.74, 6) is -0.156. The number of nitrogens with two attached hydrogens (primary N) is 1. The second-order valence-electron chi connectivity index (χ2n) is 6.67. The third kappa shape index (κ3) is 2.94. The van der Waals surface area contributed by atoms with E-state index >= 15 is 0 Å². The minimum Gasteiger partial charge on any atom is -0.462 e. The standard InChI is InChI=1S/C19H17ClFN3O2/c20-13-4-5-15(23-9-13)16(25)7-11-2-1-3-12(6-11)19(10-21)14-8-17(14)26-18(22)24-19/h1-6,9,14,17H,7-8,10H2,(H2,22,24)/t14-,17+,19+/m0/s1. The summed E-state index contributed by atoms with van der Waals surface area (Å²) in [7, 11) is 0. The van der Waals surface area contributed by atoms with Gasteiger partial charge in [-0.15, -0.1) is 0 Å². The second kappa shape index (κ2) is 6.36. The molecule has 2 aliphatic rings. The van der Waals surface area contributed by atoms with Crippen LogP contribution in [0.2, 0.25) is 5.02 Å². The van der Waals surface area contributed by atoms with Gasteiger partial charge in [0.25, 0.3) is 6.02 Å². The van der Waals surface area contributed by atoms with E-state index < -0.39 is 12.2 Å². The lowest BCUT2D eigenvalue weighted by Crippen LogP contribution is -2.39. The predicted octanol–water partition coefficient (Wildman–Crippen LogP) is 3.06. The molecule has 0 amide bonds. The Bertz CT molecular complexity index is 887.